The number of furan rings is 1. The number of aromatic nitrogens is 2. The van der Waals surface area contributed by atoms with Gasteiger partial charge >= 0.3 is 0 Å². The number of benzene rings is 7. The zero-order chi connectivity index (χ0) is 28.1. The summed E-state index contributed by atoms with van der Waals surface area (Å²) in [6, 6.07) is 52.3. The molecule has 200 valence electrons. The number of hydrogen-bond acceptors (Lipinski definition) is 1. The fourth-order valence-electron chi connectivity index (χ4n) is 7.33. The van der Waals surface area contributed by atoms with Crippen molar-refractivity contribution in [3.63, 3.8) is 0 Å². The van der Waals surface area contributed by atoms with Gasteiger partial charge < -0.3 is 13.6 Å². The topological polar surface area (TPSA) is 23.0 Å². The van der Waals surface area contributed by atoms with Gasteiger partial charge in [0, 0.05) is 32.3 Å². The van der Waals surface area contributed by atoms with Crippen molar-refractivity contribution in [3.8, 4) is 11.4 Å². The van der Waals surface area contributed by atoms with Crippen LogP contribution in [0.1, 0.15) is 0 Å². The fourth-order valence-corrected chi connectivity index (χ4v) is 7.33. The van der Waals surface area contributed by atoms with Gasteiger partial charge in [0.15, 0.2) is 0 Å². The molecule has 43 heavy (non-hydrogen) atoms. The van der Waals surface area contributed by atoms with E-state index in [9.17, 15) is 0 Å². The second kappa shape index (κ2) is 8.37. The summed E-state index contributed by atoms with van der Waals surface area (Å²) in [5.41, 5.74) is 8.82. The third-order valence-electron chi connectivity index (χ3n) is 9.10. The molecule has 0 aliphatic heterocycles. The molecule has 7 aromatic carbocycles. The summed E-state index contributed by atoms with van der Waals surface area (Å²) in [7, 11) is 0. The van der Waals surface area contributed by atoms with Crippen LogP contribution in [0, 0.1) is 0 Å². The van der Waals surface area contributed by atoms with Gasteiger partial charge in [-0.05, 0) is 47.9 Å². The van der Waals surface area contributed by atoms with Gasteiger partial charge in [-0.15, -0.1) is 0 Å². The van der Waals surface area contributed by atoms with Crippen LogP contribution in [0.15, 0.2) is 150 Å². The Labute approximate surface area is 246 Å². The predicted molar refractivity (Wildman–Crippen MR) is 180 cm³/mol. The van der Waals surface area contributed by atoms with Crippen LogP contribution in [-0.2, 0) is 0 Å². The quantitative estimate of drug-likeness (QED) is 0.211. The summed E-state index contributed by atoms with van der Waals surface area (Å²) in [4.78, 5) is 0. The van der Waals surface area contributed by atoms with Crippen molar-refractivity contribution in [1.82, 2.24) is 9.13 Å². The van der Waals surface area contributed by atoms with Gasteiger partial charge in [-0.3, -0.25) is 0 Å². The Morgan fingerprint density at radius 1 is 0.372 bits per heavy atom. The Balaban J connectivity index is 1.47. The zero-order valence-corrected chi connectivity index (χ0v) is 23.2. The van der Waals surface area contributed by atoms with E-state index < -0.39 is 0 Å². The standard InChI is InChI=1S/C40H24N2O/c1-2-13-26-25(11-1)12-9-20-32(26)42-35-24-23-30-29-16-5-8-22-37(29)43-40(30)38(35)31-17-10-21-36(39(31)42)41-33-18-6-3-14-27(33)28-15-4-7-19-34(28)41/h1-24H. The molecular weight excluding hydrogens is 524 g/mol. The van der Waals surface area contributed by atoms with E-state index in [2.05, 4.69) is 149 Å². The van der Waals surface area contributed by atoms with Crippen molar-refractivity contribution >= 4 is 76.3 Å². The van der Waals surface area contributed by atoms with Crippen molar-refractivity contribution in [2.45, 2.75) is 0 Å². The van der Waals surface area contributed by atoms with Gasteiger partial charge in [0.25, 0.3) is 0 Å². The second-order valence-corrected chi connectivity index (χ2v) is 11.3. The van der Waals surface area contributed by atoms with Gasteiger partial charge in [0.05, 0.1) is 38.8 Å². The summed E-state index contributed by atoms with van der Waals surface area (Å²) in [5.74, 6) is 0. The molecule has 0 aliphatic rings. The SMILES string of the molecule is c1ccc2c(-n3c4ccc5c6ccccc6oc5c4c4cccc(-n5c6ccccc6c6ccccc65)c43)cccc2c1. The number of nitrogens with zero attached hydrogens (tertiary/aromatic N) is 2. The third-order valence-corrected chi connectivity index (χ3v) is 9.10. The molecule has 0 radical (unpaired) electrons. The lowest BCUT2D eigenvalue weighted by Crippen LogP contribution is -2.01. The Morgan fingerprint density at radius 2 is 0.977 bits per heavy atom. The molecule has 3 heterocycles. The highest BCUT2D eigenvalue weighted by Crippen LogP contribution is 2.44. The summed E-state index contributed by atoms with van der Waals surface area (Å²) in [5, 5.41) is 9.53. The normalized spacial score (nSPS) is 12.2. The largest absolute Gasteiger partial charge is 0.455 e. The lowest BCUT2D eigenvalue weighted by atomic mass is 10.1. The molecule has 0 aliphatic carbocycles. The van der Waals surface area contributed by atoms with Crippen LogP contribution in [-0.4, -0.2) is 9.13 Å². The first-order valence-corrected chi connectivity index (χ1v) is 14.7. The van der Waals surface area contributed by atoms with Gasteiger partial charge in [0.1, 0.15) is 11.2 Å². The summed E-state index contributed by atoms with van der Waals surface area (Å²) in [6.07, 6.45) is 0. The molecule has 10 aromatic rings. The number of hydrogen-bond donors (Lipinski definition) is 0. The first-order valence-electron chi connectivity index (χ1n) is 14.7. The molecule has 0 bridgehead atoms. The molecule has 0 saturated carbocycles. The Morgan fingerprint density at radius 3 is 1.79 bits per heavy atom. The van der Waals surface area contributed by atoms with Crippen molar-refractivity contribution in [2.24, 2.45) is 0 Å². The lowest BCUT2D eigenvalue weighted by molar-refractivity contribution is 0.673. The Kier molecular flexibility index (Phi) is 4.45. The van der Waals surface area contributed by atoms with E-state index in [4.69, 9.17) is 4.42 Å². The van der Waals surface area contributed by atoms with E-state index in [1.807, 2.05) is 6.07 Å². The van der Waals surface area contributed by atoms with E-state index in [0.29, 0.717) is 0 Å². The Bertz CT molecular complexity index is 2680. The van der Waals surface area contributed by atoms with Gasteiger partial charge in [0.2, 0.25) is 0 Å². The lowest BCUT2D eigenvalue weighted by Gasteiger charge is -2.15. The second-order valence-electron chi connectivity index (χ2n) is 11.3. The first kappa shape index (κ1) is 22.8. The minimum atomic E-state index is 0.912. The van der Waals surface area contributed by atoms with E-state index in [1.54, 1.807) is 0 Å². The average molecular weight is 549 g/mol. The highest BCUT2D eigenvalue weighted by atomic mass is 16.3. The van der Waals surface area contributed by atoms with Gasteiger partial charge in [-0.25, -0.2) is 0 Å². The van der Waals surface area contributed by atoms with E-state index >= 15 is 0 Å². The van der Waals surface area contributed by atoms with Crippen molar-refractivity contribution in [1.29, 1.82) is 0 Å². The van der Waals surface area contributed by atoms with E-state index in [1.165, 1.54) is 38.0 Å². The smallest absolute Gasteiger partial charge is 0.145 e. The molecule has 0 atom stereocenters. The molecular formula is C40H24N2O. The minimum absolute atomic E-state index is 0.912. The minimum Gasteiger partial charge on any atom is -0.455 e. The van der Waals surface area contributed by atoms with Crippen molar-refractivity contribution in [2.75, 3.05) is 0 Å². The summed E-state index contributed by atoms with van der Waals surface area (Å²) in [6.45, 7) is 0. The van der Waals surface area contributed by atoms with E-state index in [-0.39, 0.29) is 0 Å². The van der Waals surface area contributed by atoms with Crippen LogP contribution in [0.5, 0.6) is 0 Å². The van der Waals surface area contributed by atoms with Crippen LogP contribution >= 0.6 is 0 Å². The maximum Gasteiger partial charge on any atom is 0.145 e. The molecule has 10 rings (SSSR count). The molecule has 0 saturated heterocycles. The van der Waals surface area contributed by atoms with Crippen LogP contribution in [0.4, 0.5) is 0 Å². The van der Waals surface area contributed by atoms with Gasteiger partial charge in [-0.1, -0.05) is 103 Å². The highest BCUT2D eigenvalue weighted by molar-refractivity contribution is 6.25. The molecule has 3 heteroatoms. The fraction of sp³-hybridized carbons (Fsp3) is 0. The predicted octanol–water partition coefficient (Wildman–Crippen LogP) is 10.9. The number of para-hydroxylation sites is 4. The Hall–Kier alpha value is -5.80. The van der Waals surface area contributed by atoms with Crippen LogP contribution in [0.25, 0.3) is 87.7 Å². The molecule has 0 fully saturated rings. The first-order chi connectivity index (χ1) is 21.4. The third kappa shape index (κ3) is 2.98. The molecule has 0 N–H and O–H groups in total. The molecule has 0 amide bonds. The van der Waals surface area contributed by atoms with Crippen LogP contribution < -0.4 is 0 Å². The monoisotopic (exact) mass is 548 g/mol. The summed E-state index contributed by atoms with van der Waals surface area (Å²) >= 11 is 0. The highest BCUT2D eigenvalue weighted by Gasteiger charge is 2.23. The van der Waals surface area contributed by atoms with Crippen LogP contribution in [0.3, 0.4) is 0 Å². The molecule has 0 unspecified atom stereocenters. The average Bonchev–Trinajstić information content (AvgIpc) is 3.72. The van der Waals surface area contributed by atoms with Crippen LogP contribution in [0.2, 0.25) is 0 Å². The molecule has 3 nitrogen and oxygen atoms in total. The maximum atomic E-state index is 6.66. The van der Waals surface area contributed by atoms with Crippen molar-refractivity contribution in [3.05, 3.63) is 146 Å². The molecule has 0 spiro atoms. The van der Waals surface area contributed by atoms with E-state index in [0.717, 1.165) is 49.7 Å². The molecule has 3 aromatic heterocycles. The zero-order valence-electron chi connectivity index (χ0n) is 23.2. The number of rotatable bonds is 2. The van der Waals surface area contributed by atoms with Crippen molar-refractivity contribution < 1.29 is 4.42 Å². The number of fused-ring (bicyclic) bond motifs is 11. The summed E-state index contributed by atoms with van der Waals surface area (Å²) < 4.78 is 11.6. The maximum absolute atomic E-state index is 6.66. The van der Waals surface area contributed by atoms with Gasteiger partial charge in [-0.2, -0.15) is 0 Å².